The van der Waals surface area contributed by atoms with Gasteiger partial charge in [0.1, 0.15) is 0 Å². The van der Waals surface area contributed by atoms with Gasteiger partial charge in [-0.3, -0.25) is 0 Å². The largest absolute Gasteiger partial charge is 0.311 e. The summed E-state index contributed by atoms with van der Waals surface area (Å²) < 4.78 is 0. The number of aryl methyl sites for hydroxylation is 3. The van der Waals surface area contributed by atoms with E-state index in [-0.39, 0.29) is 6.71 Å². The van der Waals surface area contributed by atoms with Gasteiger partial charge >= 0.3 is 0 Å². The van der Waals surface area contributed by atoms with Crippen LogP contribution in [0.25, 0.3) is 0 Å². The third-order valence-electron chi connectivity index (χ3n) is 8.22. The molecule has 2 heterocycles. The van der Waals surface area contributed by atoms with Crippen LogP contribution in [-0.2, 0) is 0 Å². The van der Waals surface area contributed by atoms with Crippen LogP contribution in [0, 0.1) is 20.8 Å². The van der Waals surface area contributed by atoms with Crippen molar-refractivity contribution in [2.75, 3.05) is 9.80 Å². The molecule has 0 aromatic heterocycles. The van der Waals surface area contributed by atoms with Crippen molar-refractivity contribution in [3.05, 3.63) is 119 Å². The van der Waals surface area contributed by atoms with Gasteiger partial charge in [-0.1, -0.05) is 79.7 Å². The molecule has 0 radical (unpaired) electrons. The molecule has 0 bridgehead atoms. The molecular weight excluding hydrogens is 459 g/mol. The first kappa shape index (κ1) is 24.4. The predicted molar refractivity (Wildman–Crippen MR) is 166 cm³/mol. The number of hydrogen-bond acceptors (Lipinski definition) is 2. The van der Waals surface area contributed by atoms with Crippen LogP contribution < -0.4 is 26.2 Å². The maximum absolute atomic E-state index is 2.53. The van der Waals surface area contributed by atoms with E-state index < -0.39 is 0 Å². The maximum Gasteiger partial charge on any atom is 0.252 e. The highest BCUT2D eigenvalue weighted by Gasteiger charge is 2.44. The van der Waals surface area contributed by atoms with Crippen LogP contribution in [0.15, 0.2) is 102 Å². The van der Waals surface area contributed by atoms with Gasteiger partial charge in [0.2, 0.25) is 0 Å². The van der Waals surface area contributed by atoms with Gasteiger partial charge in [0.25, 0.3) is 6.71 Å². The van der Waals surface area contributed by atoms with Crippen LogP contribution in [-0.4, -0.2) is 6.71 Å². The molecule has 4 aromatic carbocycles. The summed E-state index contributed by atoms with van der Waals surface area (Å²) >= 11 is 0. The van der Waals surface area contributed by atoms with Crippen molar-refractivity contribution in [3.8, 4) is 0 Å². The molecular formula is C35H35BN2. The van der Waals surface area contributed by atoms with E-state index in [1.807, 2.05) is 0 Å². The fraction of sp³-hybridized carbons (Fsp3) is 0.200. The van der Waals surface area contributed by atoms with E-state index in [9.17, 15) is 0 Å². The number of rotatable bonds is 4. The molecule has 0 aliphatic carbocycles. The van der Waals surface area contributed by atoms with Crippen LogP contribution in [0.2, 0.25) is 0 Å². The van der Waals surface area contributed by atoms with Crippen LogP contribution in [0.5, 0.6) is 0 Å². The number of fused-ring (bicyclic) bond motifs is 4. The Hall–Kier alpha value is -3.98. The zero-order valence-corrected chi connectivity index (χ0v) is 23.3. The number of hydrogen-bond donors (Lipinski definition) is 0. The summed E-state index contributed by atoms with van der Waals surface area (Å²) in [6.45, 7) is 13.5. The minimum atomic E-state index is 0.177. The maximum atomic E-state index is 2.53. The minimum absolute atomic E-state index is 0.177. The lowest BCUT2D eigenvalue weighted by Crippen LogP contribution is -2.62. The molecule has 2 aliphatic heterocycles. The van der Waals surface area contributed by atoms with Gasteiger partial charge in [0, 0.05) is 34.1 Å². The van der Waals surface area contributed by atoms with Crippen molar-refractivity contribution in [3.63, 3.8) is 0 Å². The second-order valence-corrected chi connectivity index (χ2v) is 10.6. The molecule has 3 heteroatoms. The second kappa shape index (κ2) is 9.40. The Bertz CT molecular complexity index is 1630. The Morgan fingerprint density at radius 2 is 1.29 bits per heavy atom. The quantitative estimate of drug-likeness (QED) is 0.187. The molecule has 0 spiro atoms. The summed E-state index contributed by atoms with van der Waals surface area (Å²) in [5, 5.41) is 0. The molecule has 38 heavy (non-hydrogen) atoms. The molecule has 0 atom stereocenters. The van der Waals surface area contributed by atoms with Crippen LogP contribution in [0.1, 0.15) is 43.9 Å². The number of benzene rings is 4. The van der Waals surface area contributed by atoms with Crippen molar-refractivity contribution in [1.29, 1.82) is 0 Å². The smallest absolute Gasteiger partial charge is 0.252 e. The number of para-hydroxylation sites is 3. The molecule has 0 amide bonds. The number of nitrogens with zero attached hydrogens (tertiary/aromatic N) is 2. The third-order valence-corrected chi connectivity index (χ3v) is 8.22. The van der Waals surface area contributed by atoms with Crippen LogP contribution in [0.4, 0.5) is 28.4 Å². The number of anilines is 5. The van der Waals surface area contributed by atoms with E-state index >= 15 is 0 Å². The molecule has 0 saturated carbocycles. The highest BCUT2D eigenvalue weighted by molar-refractivity contribution is 7.00. The molecule has 6 rings (SSSR count). The monoisotopic (exact) mass is 494 g/mol. The predicted octanol–water partition coefficient (Wildman–Crippen LogP) is 7.62. The molecule has 2 nitrogen and oxygen atoms in total. The molecule has 0 unspecified atom stereocenters. The molecule has 0 fully saturated rings. The van der Waals surface area contributed by atoms with E-state index in [1.165, 1.54) is 72.8 Å². The van der Waals surface area contributed by atoms with Gasteiger partial charge in [-0.05, 0) is 97.9 Å². The van der Waals surface area contributed by atoms with Crippen LogP contribution in [0.3, 0.4) is 0 Å². The minimum Gasteiger partial charge on any atom is -0.311 e. The van der Waals surface area contributed by atoms with Gasteiger partial charge in [0.15, 0.2) is 0 Å². The SMILES string of the molecule is C/C=C(\C(C)=C/CC)N1c2cccc3c2B(c2cccc(C)c21)c1cccc(C)c1N3c1ccccc1C. The van der Waals surface area contributed by atoms with E-state index in [2.05, 4.69) is 142 Å². The zero-order valence-electron chi connectivity index (χ0n) is 23.3. The number of allylic oxidation sites excluding steroid dienone is 3. The molecule has 4 aromatic rings. The normalized spacial score (nSPS) is 14.3. The Labute approximate surface area is 228 Å². The lowest BCUT2D eigenvalue weighted by atomic mass is 9.33. The van der Waals surface area contributed by atoms with Gasteiger partial charge in [-0.15, -0.1) is 0 Å². The fourth-order valence-corrected chi connectivity index (χ4v) is 6.65. The van der Waals surface area contributed by atoms with E-state index in [0.717, 1.165) is 6.42 Å². The molecule has 0 N–H and O–H groups in total. The summed E-state index contributed by atoms with van der Waals surface area (Å²) in [6.07, 6.45) is 5.63. The van der Waals surface area contributed by atoms with Crippen LogP contribution >= 0.6 is 0 Å². The highest BCUT2D eigenvalue weighted by atomic mass is 15.2. The van der Waals surface area contributed by atoms with Crippen molar-refractivity contribution in [2.24, 2.45) is 0 Å². The molecule has 0 saturated heterocycles. The Kier molecular flexibility index (Phi) is 6.03. The van der Waals surface area contributed by atoms with Crippen molar-refractivity contribution >= 4 is 51.5 Å². The van der Waals surface area contributed by atoms with Gasteiger partial charge in [-0.2, -0.15) is 0 Å². The zero-order chi connectivity index (χ0) is 26.6. The first-order valence-electron chi connectivity index (χ1n) is 13.8. The molecule has 2 aliphatic rings. The average Bonchev–Trinajstić information content (AvgIpc) is 2.91. The first-order chi connectivity index (χ1) is 18.5. The first-order valence-corrected chi connectivity index (χ1v) is 13.8. The third kappa shape index (κ3) is 3.49. The van der Waals surface area contributed by atoms with Crippen molar-refractivity contribution in [1.82, 2.24) is 0 Å². The van der Waals surface area contributed by atoms with Gasteiger partial charge in [-0.25, -0.2) is 0 Å². The van der Waals surface area contributed by atoms with E-state index in [1.54, 1.807) is 0 Å². The Balaban J connectivity index is 1.74. The summed E-state index contributed by atoms with van der Waals surface area (Å²) in [5.74, 6) is 0. The van der Waals surface area contributed by atoms with E-state index in [0.29, 0.717) is 0 Å². The lowest BCUT2D eigenvalue weighted by Gasteiger charge is -2.45. The summed E-state index contributed by atoms with van der Waals surface area (Å²) in [4.78, 5) is 5.04. The Morgan fingerprint density at radius 1 is 0.711 bits per heavy atom. The second-order valence-electron chi connectivity index (χ2n) is 10.6. The Morgan fingerprint density at radius 3 is 1.97 bits per heavy atom. The standard InChI is InChI=1S/C35H35BN2/c1-7-14-23(3)29(8-2)37-31-21-13-22-32-33(31)36(27-18-11-16-25(5)34(27)37)28-19-12-17-26(6)35(28)38(32)30-20-10-9-15-24(30)4/h8-22H,7H2,1-6H3/b23-14-,29-8+. The summed E-state index contributed by atoms with van der Waals surface area (Å²) in [7, 11) is 0. The average molecular weight is 494 g/mol. The fourth-order valence-electron chi connectivity index (χ4n) is 6.65. The lowest BCUT2D eigenvalue weighted by molar-refractivity contribution is 1.10. The van der Waals surface area contributed by atoms with Crippen molar-refractivity contribution < 1.29 is 0 Å². The topological polar surface area (TPSA) is 6.48 Å². The highest BCUT2D eigenvalue weighted by Crippen LogP contribution is 2.45. The van der Waals surface area contributed by atoms with Gasteiger partial charge in [0.05, 0.1) is 0 Å². The van der Waals surface area contributed by atoms with Crippen molar-refractivity contribution in [2.45, 2.75) is 48.0 Å². The summed E-state index contributed by atoms with van der Waals surface area (Å²) in [5.41, 5.74) is 17.0. The van der Waals surface area contributed by atoms with E-state index in [4.69, 9.17) is 0 Å². The molecule has 188 valence electrons. The van der Waals surface area contributed by atoms with Gasteiger partial charge < -0.3 is 9.80 Å². The summed E-state index contributed by atoms with van der Waals surface area (Å²) in [6, 6.07) is 29.3.